The molecule has 2 rings (SSSR count). The van der Waals surface area contributed by atoms with Crippen LogP contribution in [0.2, 0.25) is 5.02 Å². The minimum absolute atomic E-state index is 0.393. The summed E-state index contributed by atoms with van der Waals surface area (Å²) in [6, 6.07) is 8.88. The van der Waals surface area contributed by atoms with Crippen LogP contribution in [0.4, 0.5) is 0 Å². The molecular weight excluding hydrogens is 270 g/mol. The second-order valence-corrected chi connectivity index (χ2v) is 5.94. The van der Waals surface area contributed by atoms with E-state index in [1.165, 1.54) is 11.3 Å². The van der Waals surface area contributed by atoms with Gasteiger partial charge in [0.15, 0.2) is 0 Å². The molecule has 1 N–H and O–H groups in total. The van der Waals surface area contributed by atoms with Gasteiger partial charge in [0.25, 0.3) is 0 Å². The highest BCUT2D eigenvalue weighted by atomic mass is 35.5. The fraction of sp³-hybridized carbons (Fsp3) is 0.438. The summed E-state index contributed by atoms with van der Waals surface area (Å²) in [5, 5.41) is 4.34. The number of benzene rings is 1. The number of nitrogens with one attached hydrogen (secondary N) is 1. The molecule has 0 saturated heterocycles. The number of hydrogen-bond donors (Lipinski definition) is 1. The van der Waals surface area contributed by atoms with Crippen molar-refractivity contribution in [1.29, 1.82) is 0 Å². The van der Waals surface area contributed by atoms with Crippen LogP contribution in [0.15, 0.2) is 36.8 Å². The van der Waals surface area contributed by atoms with Gasteiger partial charge in [0.1, 0.15) is 0 Å². The maximum absolute atomic E-state index is 6.01. The zero-order chi connectivity index (χ0) is 14.5. The van der Waals surface area contributed by atoms with Gasteiger partial charge in [-0.25, -0.2) is 4.98 Å². The van der Waals surface area contributed by atoms with Crippen LogP contribution in [0.1, 0.15) is 38.1 Å². The van der Waals surface area contributed by atoms with Gasteiger partial charge in [0, 0.05) is 29.8 Å². The quantitative estimate of drug-likeness (QED) is 0.876. The Hall–Kier alpha value is -1.32. The topological polar surface area (TPSA) is 29.9 Å². The fourth-order valence-corrected chi connectivity index (χ4v) is 2.52. The molecule has 0 aliphatic carbocycles. The van der Waals surface area contributed by atoms with Gasteiger partial charge in [-0.15, -0.1) is 0 Å². The van der Waals surface area contributed by atoms with Crippen LogP contribution in [0, 0.1) is 0 Å². The van der Waals surface area contributed by atoms with Crippen LogP contribution in [0.5, 0.6) is 0 Å². The summed E-state index contributed by atoms with van der Waals surface area (Å²) in [5.74, 6) is 0. The van der Waals surface area contributed by atoms with Gasteiger partial charge >= 0.3 is 0 Å². The highest BCUT2D eigenvalue weighted by Gasteiger charge is 2.08. The third kappa shape index (κ3) is 4.09. The Morgan fingerprint density at radius 2 is 2.10 bits per heavy atom. The summed E-state index contributed by atoms with van der Waals surface area (Å²) >= 11 is 6.01. The molecule has 0 fully saturated rings. The van der Waals surface area contributed by atoms with Crippen LogP contribution in [0.25, 0.3) is 0 Å². The molecule has 0 radical (unpaired) electrons. The van der Waals surface area contributed by atoms with E-state index in [1.54, 1.807) is 0 Å². The van der Waals surface area contributed by atoms with Gasteiger partial charge < -0.3 is 9.88 Å². The molecule has 4 heteroatoms. The second-order valence-electron chi connectivity index (χ2n) is 5.50. The summed E-state index contributed by atoms with van der Waals surface area (Å²) < 4.78 is 2.19. The van der Waals surface area contributed by atoms with Gasteiger partial charge in [0.05, 0.1) is 12.0 Å². The predicted molar refractivity (Wildman–Crippen MR) is 84.1 cm³/mol. The van der Waals surface area contributed by atoms with Crippen molar-refractivity contribution in [1.82, 2.24) is 14.9 Å². The van der Waals surface area contributed by atoms with E-state index in [-0.39, 0.29) is 0 Å². The van der Waals surface area contributed by atoms with E-state index in [2.05, 4.69) is 41.7 Å². The molecule has 20 heavy (non-hydrogen) atoms. The Bertz CT molecular complexity index is 548. The zero-order valence-electron chi connectivity index (χ0n) is 12.3. The number of rotatable bonds is 6. The smallest absolute Gasteiger partial charge is 0.0951 e. The first kappa shape index (κ1) is 15.1. The summed E-state index contributed by atoms with van der Waals surface area (Å²) in [6.45, 7) is 7.36. The Morgan fingerprint density at radius 1 is 1.30 bits per heavy atom. The molecule has 1 heterocycles. The van der Waals surface area contributed by atoms with Crippen LogP contribution < -0.4 is 5.32 Å². The Morgan fingerprint density at radius 3 is 2.80 bits per heavy atom. The molecule has 108 valence electrons. The lowest BCUT2D eigenvalue weighted by Crippen LogP contribution is -2.28. The zero-order valence-corrected chi connectivity index (χ0v) is 13.1. The Balaban J connectivity index is 1.89. The van der Waals surface area contributed by atoms with Gasteiger partial charge in [-0.3, -0.25) is 0 Å². The van der Waals surface area contributed by atoms with Crippen LogP contribution in [0.3, 0.4) is 0 Å². The molecule has 1 atom stereocenters. The Kier molecular flexibility index (Phi) is 5.21. The Labute approximate surface area is 126 Å². The SMILES string of the molecule is CC(Cc1cccc(Cl)c1)NCc1cncn1C(C)C. The molecule has 1 aromatic carbocycles. The molecule has 0 amide bonds. The molecule has 0 bridgehead atoms. The maximum atomic E-state index is 6.01. The van der Waals surface area contributed by atoms with Gasteiger partial charge in [-0.2, -0.15) is 0 Å². The van der Waals surface area contributed by atoms with E-state index in [0.717, 1.165) is 18.0 Å². The van der Waals surface area contributed by atoms with E-state index in [4.69, 9.17) is 11.6 Å². The highest BCUT2D eigenvalue weighted by molar-refractivity contribution is 6.30. The van der Waals surface area contributed by atoms with Crippen LogP contribution >= 0.6 is 11.6 Å². The van der Waals surface area contributed by atoms with Crippen molar-refractivity contribution in [3.05, 3.63) is 53.1 Å². The lowest BCUT2D eigenvalue weighted by molar-refractivity contribution is 0.505. The summed E-state index contributed by atoms with van der Waals surface area (Å²) in [5.41, 5.74) is 2.48. The predicted octanol–water partition coefficient (Wildman–Crippen LogP) is 3.84. The molecule has 2 aromatic rings. The lowest BCUT2D eigenvalue weighted by Gasteiger charge is -2.16. The molecule has 1 aromatic heterocycles. The lowest BCUT2D eigenvalue weighted by atomic mass is 10.1. The normalized spacial score (nSPS) is 12.8. The molecule has 0 saturated carbocycles. The monoisotopic (exact) mass is 291 g/mol. The van der Waals surface area contributed by atoms with E-state index >= 15 is 0 Å². The third-order valence-corrected chi connectivity index (χ3v) is 3.60. The van der Waals surface area contributed by atoms with Crippen molar-refractivity contribution in [3.8, 4) is 0 Å². The summed E-state index contributed by atoms with van der Waals surface area (Å²) in [7, 11) is 0. The molecule has 0 aliphatic heterocycles. The van der Waals surface area contributed by atoms with Crippen molar-refractivity contribution in [2.24, 2.45) is 0 Å². The largest absolute Gasteiger partial charge is 0.331 e. The van der Waals surface area contributed by atoms with Crippen molar-refractivity contribution in [2.45, 2.75) is 45.8 Å². The number of hydrogen-bond acceptors (Lipinski definition) is 2. The summed E-state index contributed by atoms with van der Waals surface area (Å²) in [4.78, 5) is 4.22. The summed E-state index contributed by atoms with van der Waals surface area (Å²) in [6.07, 6.45) is 4.79. The van der Waals surface area contributed by atoms with Crippen molar-refractivity contribution in [3.63, 3.8) is 0 Å². The first-order valence-electron chi connectivity index (χ1n) is 7.05. The third-order valence-electron chi connectivity index (χ3n) is 3.37. The highest BCUT2D eigenvalue weighted by Crippen LogP contribution is 2.13. The first-order valence-corrected chi connectivity index (χ1v) is 7.42. The minimum Gasteiger partial charge on any atom is -0.331 e. The number of aromatic nitrogens is 2. The average Bonchev–Trinajstić information content (AvgIpc) is 2.85. The van der Waals surface area contributed by atoms with Gasteiger partial charge in [0.2, 0.25) is 0 Å². The molecule has 1 unspecified atom stereocenters. The maximum Gasteiger partial charge on any atom is 0.0951 e. The number of imidazole rings is 1. The van der Waals surface area contributed by atoms with E-state index in [1.807, 2.05) is 30.7 Å². The number of nitrogens with zero attached hydrogens (tertiary/aromatic N) is 2. The van der Waals surface area contributed by atoms with Crippen LogP contribution in [-0.2, 0) is 13.0 Å². The van der Waals surface area contributed by atoms with Crippen molar-refractivity contribution >= 4 is 11.6 Å². The van der Waals surface area contributed by atoms with Gasteiger partial charge in [-0.1, -0.05) is 23.7 Å². The first-order chi connectivity index (χ1) is 9.56. The van der Waals surface area contributed by atoms with E-state index in [9.17, 15) is 0 Å². The van der Waals surface area contributed by atoms with Gasteiger partial charge in [-0.05, 0) is 44.9 Å². The fourth-order valence-electron chi connectivity index (χ4n) is 2.30. The molecular formula is C16H22ClN3. The van der Waals surface area contributed by atoms with E-state index in [0.29, 0.717) is 12.1 Å². The minimum atomic E-state index is 0.393. The van der Waals surface area contributed by atoms with E-state index < -0.39 is 0 Å². The number of halogens is 1. The average molecular weight is 292 g/mol. The molecule has 3 nitrogen and oxygen atoms in total. The van der Waals surface area contributed by atoms with Crippen molar-refractivity contribution < 1.29 is 0 Å². The molecule has 0 spiro atoms. The van der Waals surface area contributed by atoms with Crippen molar-refractivity contribution in [2.75, 3.05) is 0 Å². The molecule has 0 aliphatic rings. The second kappa shape index (κ2) is 6.91. The standard InChI is InChI=1S/C16H22ClN3/c1-12(2)20-11-18-9-16(20)10-19-13(3)7-14-5-4-6-15(17)8-14/h4-6,8-9,11-13,19H,7,10H2,1-3H3. The van der Waals surface area contributed by atoms with Crippen LogP contribution in [-0.4, -0.2) is 15.6 Å².